The number of fused-ring (bicyclic) bond motifs is 1. The molecule has 1 atom stereocenters. The quantitative estimate of drug-likeness (QED) is 0.920. The zero-order valence-corrected chi connectivity index (χ0v) is 13.3. The number of halogens is 2. The second-order valence-electron chi connectivity index (χ2n) is 4.28. The van der Waals surface area contributed by atoms with Crippen molar-refractivity contribution in [3.8, 4) is 11.5 Å². The molecule has 3 nitrogen and oxygen atoms in total. The Kier molecular flexibility index (Phi) is 5.76. The number of hydrogen-bond acceptors (Lipinski definition) is 3. The molecule has 102 valence electrons. The van der Waals surface area contributed by atoms with Crippen LogP contribution in [0.1, 0.15) is 17.5 Å². The summed E-state index contributed by atoms with van der Waals surface area (Å²) in [7, 11) is 5.45. The van der Waals surface area contributed by atoms with E-state index in [9.17, 15) is 0 Å². The first-order valence-electron chi connectivity index (χ1n) is 5.80. The number of methoxy groups -OCH3 is 2. The van der Waals surface area contributed by atoms with Crippen molar-refractivity contribution in [3.63, 3.8) is 0 Å². The van der Waals surface area contributed by atoms with Gasteiger partial charge >= 0.3 is 0 Å². The lowest BCUT2D eigenvalue weighted by atomic mass is 9.87. The lowest BCUT2D eigenvalue weighted by Gasteiger charge is -2.27. The third-order valence-electron chi connectivity index (χ3n) is 3.44. The average Bonchev–Trinajstić information content (AvgIpc) is 2.37. The maximum Gasteiger partial charge on any atom is 0.136 e. The molecule has 0 aliphatic heterocycles. The summed E-state index contributed by atoms with van der Waals surface area (Å²) in [4.78, 5) is 0. The van der Waals surface area contributed by atoms with E-state index >= 15 is 0 Å². The van der Waals surface area contributed by atoms with Gasteiger partial charge < -0.3 is 14.8 Å². The van der Waals surface area contributed by atoms with Crippen molar-refractivity contribution in [1.82, 2.24) is 5.32 Å². The molecule has 5 heteroatoms. The van der Waals surface area contributed by atoms with Gasteiger partial charge in [0.1, 0.15) is 11.5 Å². The van der Waals surface area contributed by atoms with Crippen LogP contribution in [0.25, 0.3) is 0 Å². The standard InChI is InChI=1S/C13H18BrNO2.ClH/c1-15-8-4-5-9-10(6-8)12(16-2)7-11(14)13(9)17-3;/h7-8,15H,4-6H2,1-3H3;1H. The normalized spacial score (nSPS) is 17.7. The first kappa shape index (κ1) is 15.6. The Morgan fingerprint density at radius 2 is 2.00 bits per heavy atom. The van der Waals surface area contributed by atoms with E-state index < -0.39 is 0 Å². The molecule has 2 rings (SSSR count). The molecule has 0 spiro atoms. The van der Waals surface area contributed by atoms with Crippen LogP contribution in [0.3, 0.4) is 0 Å². The van der Waals surface area contributed by atoms with Crippen LogP contribution < -0.4 is 14.8 Å². The number of ether oxygens (including phenoxy) is 2. The van der Waals surface area contributed by atoms with E-state index in [1.807, 2.05) is 13.1 Å². The van der Waals surface area contributed by atoms with Crippen LogP contribution in [0.15, 0.2) is 10.5 Å². The summed E-state index contributed by atoms with van der Waals surface area (Å²) < 4.78 is 11.9. The molecular formula is C13H19BrClNO2. The maximum absolute atomic E-state index is 5.49. The molecule has 1 aromatic carbocycles. The highest BCUT2D eigenvalue weighted by Crippen LogP contribution is 2.41. The molecule has 0 bridgehead atoms. The van der Waals surface area contributed by atoms with Crippen LogP contribution in [0.2, 0.25) is 0 Å². The number of likely N-dealkylation sites (N-methyl/N-ethyl adjacent to an activating group) is 1. The fourth-order valence-electron chi connectivity index (χ4n) is 2.50. The summed E-state index contributed by atoms with van der Waals surface area (Å²) in [5, 5.41) is 3.34. The van der Waals surface area contributed by atoms with Crippen molar-refractivity contribution in [3.05, 3.63) is 21.7 Å². The van der Waals surface area contributed by atoms with Gasteiger partial charge in [-0.3, -0.25) is 0 Å². The highest BCUT2D eigenvalue weighted by Gasteiger charge is 2.25. The topological polar surface area (TPSA) is 30.5 Å². The molecule has 0 saturated heterocycles. The Morgan fingerprint density at radius 1 is 1.28 bits per heavy atom. The Morgan fingerprint density at radius 3 is 2.56 bits per heavy atom. The lowest BCUT2D eigenvalue weighted by Crippen LogP contribution is -2.32. The van der Waals surface area contributed by atoms with E-state index in [2.05, 4.69) is 21.2 Å². The second kappa shape index (κ2) is 6.64. The molecule has 1 unspecified atom stereocenters. The predicted molar refractivity (Wildman–Crippen MR) is 79.4 cm³/mol. The molecule has 0 aromatic heterocycles. The van der Waals surface area contributed by atoms with Gasteiger partial charge in [-0.2, -0.15) is 0 Å². The second-order valence-corrected chi connectivity index (χ2v) is 5.13. The summed E-state index contributed by atoms with van der Waals surface area (Å²) in [5.41, 5.74) is 2.56. The van der Waals surface area contributed by atoms with Gasteiger partial charge in [-0.15, -0.1) is 12.4 Å². The zero-order chi connectivity index (χ0) is 12.4. The van der Waals surface area contributed by atoms with Crippen molar-refractivity contribution in [2.24, 2.45) is 0 Å². The molecule has 0 fully saturated rings. The minimum Gasteiger partial charge on any atom is -0.496 e. The molecule has 1 aliphatic rings. The molecule has 1 N–H and O–H groups in total. The van der Waals surface area contributed by atoms with Gasteiger partial charge in [-0.1, -0.05) is 0 Å². The van der Waals surface area contributed by atoms with Crippen LogP contribution in [0.5, 0.6) is 11.5 Å². The zero-order valence-electron chi connectivity index (χ0n) is 10.9. The van der Waals surface area contributed by atoms with Crippen LogP contribution >= 0.6 is 28.3 Å². The van der Waals surface area contributed by atoms with E-state index in [-0.39, 0.29) is 12.4 Å². The van der Waals surface area contributed by atoms with Crippen molar-refractivity contribution in [2.45, 2.75) is 25.3 Å². The predicted octanol–water partition coefficient (Wildman–Crippen LogP) is 2.96. The Labute approximate surface area is 123 Å². The smallest absolute Gasteiger partial charge is 0.136 e. The summed E-state index contributed by atoms with van der Waals surface area (Å²) in [6.45, 7) is 0. The fourth-order valence-corrected chi connectivity index (χ4v) is 3.11. The van der Waals surface area contributed by atoms with Crippen LogP contribution in [0.4, 0.5) is 0 Å². The van der Waals surface area contributed by atoms with Gasteiger partial charge in [0.25, 0.3) is 0 Å². The van der Waals surface area contributed by atoms with Crippen molar-refractivity contribution in [2.75, 3.05) is 21.3 Å². The van der Waals surface area contributed by atoms with Gasteiger partial charge in [-0.05, 0) is 48.3 Å². The third kappa shape index (κ3) is 2.76. The van der Waals surface area contributed by atoms with Crippen molar-refractivity contribution >= 4 is 28.3 Å². The molecule has 18 heavy (non-hydrogen) atoms. The highest BCUT2D eigenvalue weighted by atomic mass is 79.9. The molecule has 0 saturated carbocycles. The number of rotatable bonds is 3. The molecule has 0 radical (unpaired) electrons. The summed E-state index contributed by atoms with van der Waals surface area (Å²) in [5.74, 6) is 1.91. The van der Waals surface area contributed by atoms with E-state index in [0.717, 1.165) is 35.2 Å². The van der Waals surface area contributed by atoms with Crippen molar-refractivity contribution < 1.29 is 9.47 Å². The fraction of sp³-hybridized carbons (Fsp3) is 0.538. The Hall–Kier alpha value is -0.450. The largest absolute Gasteiger partial charge is 0.496 e. The van der Waals surface area contributed by atoms with Crippen molar-refractivity contribution in [1.29, 1.82) is 0 Å². The number of benzene rings is 1. The third-order valence-corrected chi connectivity index (χ3v) is 4.03. The monoisotopic (exact) mass is 335 g/mol. The minimum absolute atomic E-state index is 0. The highest BCUT2D eigenvalue weighted by molar-refractivity contribution is 9.10. The van der Waals surface area contributed by atoms with E-state index in [1.165, 1.54) is 11.1 Å². The van der Waals surface area contributed by atoms with E-state index in [0.29, 0.717) is 6.04 Å². The number of hydrogen-bond donors (Lipinski definition) is 1. The molecule has 0 amide bonds. The lowest BCUT2D eigenvalue weighted by molar-refractivity contribution is 0.378. The van der Waals surface area contributed by atoms with Gasteiger partial charge in [0.2, 0.25) is 0 Å². The van der Waals surface area contributed by atoms with Gasteiger partial charge in [0.05, 0.1) is 18.7 Å². The Bertz CT molecular complexity index is 426. The minimum atomic E-state index is 0. The molecule has 0 heterocycles. The average molecular weight is 337 g/mol. The SMILES string of the molecule is CNC1CCc2c(c(OC)cc(Br)c2OC)C1.Cl. The maximum atomic E-state index is 5.49. The van der Waals surface area contributed by atoms with E-state index in [1.54, 1.807) is 14.2 Å². The first-order chi connectivity index (χ1) is 8.21. The van der Waals surface area contributed by atoms with Crippen LogP contribution in [-0.2, 0) is 12.8 Å². The van der Waals surface area contributed by atoms with Crippen LogP contribution in [0, 0.1) is 0 Å². The van der Waals surface area contributed by atoms with Gasteiger partial charge in [0, 0.05) is 17.2 Å². The Balaban J connectivity index is 0.00000162. The summed E-state index contributed by atoms with van der Waals surface area (Å²) in [6, 6.07) is 2.53. The molecule has 1 aromatic rings. The number of nitrogens with one attached hydrogen (secondary N) is 1. The molecular weight excluding hydrogens is 318 g/mol. The van der Waals surface area contributed by atoms with Gasteiger partial charge in [-0.25, -0.2) is 0 Å². The van der Waals surface area contributed by atoms with E-state index in [4.69, 9.17) is 9.47 Å². The summed E-state index contributed by atoms with van der Waals surface area (Å²) in [6.07, 6.45) is 3.16. The van der Waals surface area contributed by atoms with Crippen LogP contribution in [-0.4, -0.2) is 27.3 Å². The molecule has 1 aliphatic carbocycles. The van der Waals surface area contributed by atoms with Gasteiger partial charge in [0.15, 0.2) is 0 Å². The summed E-state index contributed by atoms with van der Waals surface area (Å²) >= 11 is 3.54. The first-order valence-corrected chi connectivity index (χ1v) is 6.60.